The van der Waals surface area contributed by atoms with E-state index in [9.17, 15) is 19.2 Å². The van der Waals surface area contributed by atoms with Crippen LogP contribution in [0, 0.1) is 13.8 Å². The second-order valence-corrected chi connectivity index (χ2v) is 11.2. The van der Waals surface area contributed by atoms with E-state index in [0.29, 0.717) is 18.4 Å². The first-order chi connectivity index (χ1) is 18.4. The van der Waals surface area contributed by atoms with Crippen molar-refractivity contribution in [1.29, 1.82) is 0 Å². The minimum absolute atomic E-state index is 0.235. The first kappa shape index (κ1) is 29.7. The zero-order valence-electron chi connectivity index (χ0n) is 23.5. The van der Waals surface area contributed by atoms with E-state index in [1.165, 1.54) is 4.90 Å². The van der Waals surface area contributed by atoms with Crippen LogP contribution < -0.4 is 16.4 Å². The Morgan fingerprint density at radius 3 is 2.26 bits per heavy atom. The zero-order valence-corrected chi connectivity index (χ0v) is 23.5. The Labute approximate surface area is 230 Å². The Balaban J connectivity index is 2.00. The van der Waals surface area contributed by atoms with Crippen LogP contribution in [-0.4, -0.2) is 46.4 Å². The van der Waals surface area contributed by atoms with Gasteiger partial charge in [-0.15, -0.1) is 0 Å². The number of rotatable bonds is 10. The fraction of sp³-hybridized carbons (Fsp3) is 0.467. The van der Waals surface area contributed by atoms with Crippen LogP contribution in [0.5, 0.6) is 0 Å². The number of hydrogen-bond acceptors (Lipinski definition) is 5. The van der Waals surface area contributed by atoms with Gasteiger partial charge in [0.15, 0.2) is 0 Å². The van der Waals surface area contributed by atoms with Gasteiger partial charge in [-0.1, -0.05) is 54.1 Å². The maximum atomic E-state index is 14.2. The minimum atomic E-state index is -1.28. The molecule has 0 aromatic heterocycles. The summed E-state index contributed by atoms with van der Waals surface area (Å²) < 4.78 is 5.34. The molecule has 0 bridgehead atoms. The fourth-order valence-electron chi connectivity index (χ4n) is 4.65. The molecule has 1 aliphatic rings. The lowest BCUT2D eigenvalue weighted by Crippen LogP contribution is -2.58. The number of alkyl carbamates (subject to hydrolysis) is 1. The Kier molecular flexibility index (Phi) is 9.72. The number of primary amides is 1. The molecule has 1 fully saturated rings. The standard InChI is InChI=1S/C30H40N4O5/c1-19-14-15-23(20(2)16-19)26(27(36)32-18-21-10-7-6-8-11-21)34(22-12-9-13-22)28(37)24(17-25(31)35)33-29(38)39-30(3,4)5/h6-8,10-11,14-16,22,24,26H,9,12-13,17-18H2,1-5H3,(H2,31,35)(H,32,36)(H,33,38). The number of carbonyl (C=O) groups excluding carboxylic acids is 4. The predicted molar refractivity (Wildman–Crippen MR) is 148 cm³/mol. The number of carbonyl (C=O) groups is 4. The summed E-state index contributed by atoms with van der Waals surface area (Å²) >= 11 is 0. The molecule has 4 N–H and O–H groups in total. The molecular weight excluding hydrogens is 496 g/mol. The number of amides is 4. The maximum absolute atomic E-state index is 14.2. The SMILES string of the molecule is Cc1ccc(C(C(=O)NCc2ccccc2)N(C(=O)C(CC(N)=O)NC(=O)OC(C)(C)C)C2CCC2)c(C)c1. The van der Waals surface area contributed by atoms with Gasteiger partial charge in [0.2, 0.25) is 17.7 Å². The molecule has 3 rings (SSSR count). The number of nitrogens with zero attached hydrogens (tertiary/aromatic N) is 1. The van der Waals surface area contributed by atoms with Crippen molar-refractivity contribution in [2.45, 2.75) is 90.6 Å². The summed E-state index contributed by atoms with van der Waals surface area (Å²) in [5.41, 5.74) is 8.16. The van der Waals surface area contributed by atoms with Crippen LogP contribution in [0.3, 0.4) is 0 Å². The Hall–Kier alpha value is -3.88. The number of hydrogen-bond donors (Lipinski definition) is 3. The molecule has 1 aliphatic carbocycles. The average Bonchev–Trinajstić information content (AvgIpc) is 2.80. The summed E-state index contributed by atoms with van der Waals surface area (Å²) in [5, 5.41) is 5.52. The van der Waals surface area contributed by atoms with Crippen LogP contribution in [0.2, 0.25) is 0 Å². The molecule has 39 heavy (non-hydrogen) atoms. The van der Waals surface area contributed by atoms with Crippen molar-refractivity contribution < 1.29 is 23.9 Å². The topological polar surface area (TPSA) is 131 Å². The third-order valence-electron chi connectivity index (χ3n) is 6.67. The molecule has 1 saturated carbocycles. The van der Waals surface area contributed by atoms with E-state index < -0.39 is 42.0 Å². The van der Waals surface area contributed by atoms with Crippen LogP contribution in [0.1, 0.15) is 74.8 Å². The summed E-state index contributed by atoms with van der Waals surface area (Å²) in [6.07, 6.45) is 1.04. The van der Waals surface area contributed by atoms with Gasteiger partial charge in [-0.05, 0) is 70.6 Å². The van der Waals surface area contributed by atoms with Crippen LogP contribution >= 0.6 is 0 Å². The Bertz CT molecular complexity index is 1190. The third kappa shape index (κ3) is 8.30. The lowest BCUT2D eigenvalue weighted by atomic mass is 9.87. The van der Waals surface area contributed by atoms with Crippen molar-refractivity contribution >= 4 is 23.8 Å². The van der Waals surface area contributed by atoms with E-state index in [4.69, 9.17) is 10.5 Å². The predicted octanol–water partition coefficient (Wildman–Crippen LogP) is 3.81. The van der Waals surface area contributed by atoms with Crippen LogP contribution in [-0.2, 0) is 25.7 Å². The summed E-state index contributed by atoms with van der Waals surface area (Å²) in [7, 11) is 0. The van der Waals surface area contributed by atoms with Gasteiger partial charge in [-0.25, -0.2) is 4.79 Å². The number of aryl methyl sites for hydroxylation is 2. The van der Waals surface area contributed by atoms with Gasteiger partial charge in [0.05, 0.1) is 6.42 Å². The second kappa shape index (κ2) is 12.8. The van der Waals surface area contributed by atoms with Crippen molar-refractivity contribution in [3.8, 4) is 0 Å². The van der Waals surface area contributed by atoms with E-state index in [-0.39, 0.29) is 18.5 Å². The highest BCUT2D eigenvalue weighted by atomic mass is 16.6. The molecule has 0 heterocycles. The van der Waals surface area contributed by atoms with Crippen molar-refractivity contribution in [1.82, 2.24) is 15.5 Å². The molecule has 210 valence electrons. The Morgan fingerprint density at radius 1 is 1.05 bits per heavy atom. The fourth-order valence-corrected chi connectivity index (χ4v) is 4.65. The number of nitrogens with one attached hydrogen (secondary N) is 2. The van der Waals surface area contributed by atoms with Crippen LogP contribution in [0.15, 0.2) is 48.5 Å². The molecule has 2 aromatic rings. The molecular formula is C30H40N4O5. The second-order valence-electron chi connectivity index (χ2n) is 11.2. The lowest BCUT2D eigenvalue weighted by Gasteiger charge is -2.44. The summed E-state index contributed by atoms with van der Waals surface area (Å²) in [6.45, 7) is 9.25. The Morgan fingerprint density at radius 2 is 1.72 bits per heavy atom. The third-order valence-corrected chi connectivity index (χ3v) is 6.67. The van der Waals surface area contributed by atoms with Crippen molar-refractivity contribution in [3.63, 3.8) is 0 Å². The monoisotopic (exact) mass is 536 g/mol. The van der Waals surface area contributed by atoms with E-state index >= 15 is 0 Å². The molecule has 2 unspecified atom stereocenters. The highest BCUT2D eigenvalue weighted by molar-refractivity contribution is 5.95. The van der Waals surface area contributed by atoms with Crippen molar-refractivity contribution in [2.24, 2.45) is 5.73 Å². The molecule has 0 spiro atoms. The first-order valence-corrected chi connectivity index (χ1v) is 13.3. The number of benzene rings is 2. The van der Waals surface area contributed by atoms with E-state index in [0.717, 1.165) is 23.1 Å². The van der Waals surface area contributed by atoms with Gasteiger partial charge in [-0.2, -0.15) is 0 Å². The van der Waals surface area contributed by atoms with Crippen molar-refractivity contribution in [2.75, 3.05) is 0 Å². The van der Waals surface area contributed by atoms with Gasteiger partial charge in [0.25, 0.3) is 0 Å². The maximum Gasteiger partial charge on any atom is 0.408 e. The molecule has 0 saturated heterocycles. The largest absolute Gasteiger partial charge is 0.444 e. The van der Waals surface area contributed by atoms with Crippen LogP contribution in [0.25, 0.3) is 0 Å². The smallest absolute Gasteiger partial charge is 0.408 e. The minimum Gasteiger partial charge on any atom is -0.444 e. The van der Waals surface area contributed by atoms with E-state index in [1.807, 2.05) is 62.4 Å². The van der Waals surface area contributed by atoms with Gasteiger partial charge in [-0.3, -0.25) is 14.4 Å². The lowest BCUT2D eigenvalue weighted by molar-refractivity contribution is -0.148. The number of nitrogens with two attached hydrogens (primary N) is 1. The summed E-state index contributed by atoms with van der Waals surface area (Å²) in [6, 6.07) is 12.8. The van der Waals surface area contributed by atoms with Gasteiger partial charge in [0, 0.05) is 12.6 Å². The molecule has 2 atom stereocenters. The molecule has 0 radical (unpaired) electrons. The average molecular weight is 537 g/mol. The number of ether oxygens (including phenoxy) is 1. The van der Waals surface area contributed by atoms with E-state index in [1.54, 1.807) is 20.8 Å². The molecule has 0 aliphatic heterocycles. The van der Waals surface area contributed by atoms with Gasteiger partial charge < -0.3 is 26.0 Å². The van der Waals surface area contributed by atoms with Crippen LogP contribution in [0.4, 0.5) is 4.79 Å². The van der Waals surface area contributed by atoms with Gasteiger partial charge >= 0.3 is 6.09 Å². The summed E-state index contributed by atoms with van der Waals surface area (Å²) in [5.74, 6) is -1.65. The normalized spacial score (nSPS) is 14.9. The quantitative estimate of drug-likeness (QED) is 0.425. The van der Waals surface area contributed by atoms with Gasteiger partial charge in [0.1, 0.15) is 17.7 Å². The molecule has 9 heteroatoms. The first-order valence-electron chi connectivity index (χ1n) is 13.3. The molecule has 9 nitrogen and oxygen atoms in total. The van der Waals surface area contributed by atoms with E-state index in [2.05, 4.69) is 10.6 Å². The molecule has 4 amide bonds. The van der Waals surface area contributed by atoms with Crippen molar-refractivity contribution in [3.05, 3.63) is 70.8 Å². The highest BCUT2D eigenvalue weighted by Gasteiger charge is 2.42. The summed E-state index contributed by atoms with van der Waals surface area (Å²) in [4.78, 5) is 54.2. The zero-order chi connectivity index (χ0) is 28.7. The highest BCUT2D eigenvalue weighted by Crippen LogP contribution is 2.35. The molecule has 2 aromatic carbocycles.